The fourth-order valence-electron chi connectivity index (χ4n) is 2.09. The number of ether oxygens (including phenoxy) is 1. The molecule has 2 aromatic rings. The van der Waals surface area contributed by atoms with E-state index in [9.17, 15) is 4.39 Å². The molecule has 0 aliphatic carbocycles. The SMILES string of the molecule is COc1ccc(-c2nnc(CBr)n2C(C)(C)C)c(F)c1. The molecular formula is C14H17BrFN3O. The molecule has 0 radical (unpaired) electrons. The summed E-state index contributed by atoms with van der Waals surface area (Å²) in [6.45, 7) is 6.11. The van der Waals surface area contributed by atoms with Crippen LogP contribution in [-0.4, -0.2) is 21.9 Å². The highest BCUT2D eigenvalue weighted by atomic mass is 79.9. The molecule has 108 valence electrons. The molecule has 0 atom stereocenters. The van der Waals surface area contributed by atoms with Crippen molar-refractivity contribution in [2.45, 2.75) is 31.6 Å². The molecule has 0 aliphatic rings. The fraction of sp³-hybridized carbons (Fsp3) is 0.429. The maximum Gasteiger partial charge on any atom is 0.167 e. The van der Waals surface area contributed by atoms with E-state index in [2.05, 4.69) is 26.1 Å². The smallest absolute Gasteiger partial charge is 0.167 e. The van der Waals surface area contributed by atoms with Gasteiger partial charge < -0.3 is 9.30 Å². The van der Waals surface area contributed by atoms with Crippen molar-refractivity contribution in [3.63, 3.8) is 0 Å². The first kappa shape index (κ1) is 15.0. The molecule has 0 amide bonds. The van der Waals surface area contributed by atoms with Gasteiger partial charge >= 0.3 is 0 Å². The summed E-state index contributed by atoms with van der Waals surface area (Å²) in [5.41, 5.74) is 0.175. The average Bonchev–Trinajstić information content (AvgIpc) is 2.82. The number of hydrogen-bond donors (Lipinski definition) is 0. The lowest BCUT2D eigenvalue weighted by Crippen LogP contribution is -2.25. The van der Waals surface area contributed by atoms with Crippen LogP contribution in [0.15, 0.2) is 18.2 Å². The second kappa shape index (κ2) is 5.52. The van der Waals surface area contributed by atoms with Crippen LogP contribution in [-0.2, 0) is 10.9 Å². The summed E-state index contributed by atoms with van der Waals surface area (Å²) in [6.07, 6.45) is 0. The van der Waals surface area contributed by atoms with Crippen LogP contribution >= 0.6 is 15.9 Å². The molecule has 6 heteroatoms. The molecule has 1 heterocycles. The number of rotatable bonds is 3. The van der Waals surface area contributed by atoms with Crippen molar-refractivity contribution in [3.05, 3.63) is 29.8 Å². The van der Waals surface area contributed by atoms with Crippen molar-refractivity contribution in [2.75, 3.05) is 7.11 Å². The first-order valence-electron chi connectivity index (χ1n) is 6.23. The van der Waals surface area contributed by atoms with Crippen molar-refractivity contribution in [1.82, 2.24) is 14.8 Å². The summed E-state index contributed by atoms with van der Waals surface area (Å²) < 4.78 is 21.2. The highest BCUT2D eigenvalue weighted by Gasteiger charge is 2.24. The van der Waals surface area contributed by atoms with E-state index in [1.54, 1.807) is 12.1 Å². The number of nitrogens with zero attached hydrogens (tertiary/aromatic N) is 3. The van der Waals surface area contributed by atoms with E-state index in [4.69, 9.17) is 4.74 Å². The normalized spacial score (nSPS) is 11.7. The largest absolute Gasteiger partial charge is 0.497 e. The maximum atomic E-state index is 14.2. The van der Waals surface area contributed by atoms with Gasteiger partial charge in [0.05, 0.1) is 18.0 Å². The van der Waals surface area contributed by atoms with Crippen LogP contribution in [0.2, 0.25) is 0 Å². The molecular weight excluding hydrogens is 325 g/mol. The molecule has 0 fully saturated rings. The number of hydrogen-bond acceptors (Lipinski definition) is 3. The zero-order valence-corrected chi connectivity index (χ0v) is 13.5. The minimum atomic E-state index is -0.372. The highest BCUT2D eigenvalue weighted by molar-refractivity contribution is 9.08. The Bertz CT molecular complexity index is 619. The summed E-state index contributed by atoms with van der Waals surface area (Å²) in [4.78, 5) is 0. The van der Waals surface area contributed by atoms with E-state index >= 15 is 0 Å². The van der Waals surface area contributed by atoms with Crippen LogP contribution in [0.1, 0.15) is 26.6 Å². The van der Waals surface area contributed by atoms with Gasteiger partial charge in [0.15, 0.2) is 5.82 Å². The zero-order chi connectivity index (χ0) is 14.9. The predicted octanol–water partition coefficient (Wildman–Crippen LogP) is 3.74. The van der Waals surface area contributed by atoms with E-state index in [0.717, 1.165) is 5.82 Å². The van der Waals surface area contributed by atoms with Crippen LogP contribution < -0.4 is 4.74 Å². The standard InChI is InChI=1S/C14H17BrFN3O/c1-14(2,3)19-12(8-15)17-18-13(19)10-6-5-9(20-4)7-11(10)16/h5-7H,8H2,1-4H3. The lowest BCUT2D eigenvalue weighted by Gasteiger charge is -2.24. The molecule has 0 unspecified atom stereocenters. The summed E-state index contributed by atoms with van der Waals surface area (Å²) in [6, 6.07) is 4.73. The molecule has 0 bridgehead atoms. The Morgan fingerprint density at radius 2 is 2.00 bits per heavy atom. The first-order valence-corrected chi connectivity index (χ1v) is 7.35. The number of benzene rings is 1. The molecule has 0 spiro atoms. The minimum absolute atomic E-state index is 0.242. The van der Waals surface area contributed by atoms with Crippen LogP contribution in [0.3, 0.4) is 0 Å². The Labute approximate surface area is 126 Å². The monoisotopic (exact) mass is 341 g/mol. The van der Waals surface area contributed by atoms with Crippen molar-refractivity contribution in [3.8, 4) is 17.1 Å². The highest BCUT2D eigenvalue weighted by Crippen LogP contribution is 2.30. The van der Waals surface area contributed by atoms with Crippen LogP contribution in [0.4, 0.5) is 4.39 Å². The Balaban J connectivity index is 2.62. The molecule has 0 aliphatic heterocycles. The second-order valence-electron chi connectivity index (χ2n) is 5.43. The molecule has 20 heavy (non-hydrogen) atoms. The molecule has 0 saturated carbocycles. The van der Waals surface area contributed by atoms with Crippen molar-refractivity contribution in [1.29, 1.82) is 0 Å². The van der Waals surface area contributed by atoms with Gasteiger partial charge in [-0.05, 0) is 32.9 Å². The van der Waals surface area contributed by atoms with Gasteiger partial charge in [-0.3, -0.25) is 0 Å². The average molecular weight is 342 g/mol. The summed E-state index contributed by atoms with van der Waals surface area (Å²) >= 11 is 3.39. The van der Waals surface area contributed by atoms with Crippen molar-refractivity contribution in [2.24, 2.45) is 0 Å². The van der Waals surface area contributed by atoms with Gasteiger partial charge in [0, 0.05) is 11.6 Å². The van der Waals surface area contributed by atoms with E-state index in [-0.39, 0.29) is 11.4 Å². The molecule has 0 N–H and O–H groups in total. The Morgan fingerprint density at radius 1 is 1.30 bits per heavy atom. The fourth-order valence-corrected chi connectivity index (χ4v) is 2.45. The number of alkyl halides is 1. The van der Waals surface area contributed by atoms with Crippen LogP contribution in [0, 0.1) is 5.82 Å². The van der Waals surface area contributed by atoms with E-state index in [1.807, 2.05) is 25.3 Å². The van der Waals surface area contributed by atoms with E-state index in [1.165, 1.54) is 13.2 Å². The summed E-state index contributed by atoms with van der Waals surface area (Å²) in [7, 11) is 1.51. The molecule has 0 saturated heterocycles. The van der Waals surface area contributed by atoms with Gasteiger partial charge in [-0.2, -0.15) is 0 Å². The molecule has 1 aromatic heterocycles. The van der Waals surface area contributed by atoms with Gasteiger partial charge in [-0.15, -0.1) is 10.2 Å². The third-order valence-corrected chi connectivity index (χ3v) is 3.44. The van der Waals surface area contributed by atoms with E-state index < -0.39 is 0 Å². The second-order valence-corrected chi connectivity index (χ2v) is 5.99. The number of halogens is 2. The quantitative estimate of drug-likeness (QED) is 0.798. The zero-order valence-electron chi connectivity index (χ0n) is 11.9. The van der Waals surface area contributed by atoms with Crippen molar-refractivity contribution < 1.29 is 9.13 Å². The van der Waals surface area contributed by atoms with Gasteiger partial charge in [0.25, 0.3) is 0 Å². The minimum Gasteiger partial charge on any atom is -0.497 e. The topological polar surface area (TPSA) is 39.9 Å². The Hall–Kier alpha value is -1.43. The van der Waals surface area contributed by atoms with Crippen molar-refractivity contribution >= 4 is 15.9 Å². The predicted molar refractivity (Wildman–Crippen MR) is 79.6 cm³/mol. The Kier molecular flexibility index (Phi) is 4.13. The summed E-state index contributed by atoms with van der Waals surface area (Å²) in [5.74, 6) is 1.40. The number of aromatic nitrogens is 3. The lowest BCUT2D eigenvalue weighted by molar-refractivity contribution is 0.390. The first-order chi connectivity index (χ1) is 9.38. The van der Waals surface area contributed by atoms with Crippen LogP contribution in [0.5, 0.6) is 5.75 Å². The van der Waals surface area contributed by atoms with Gasteiger partial charge in [0.2, 0.25) is 0 Å². The Morgan fingerprint density at radius 3 is 2.50 bits per heavy atom. The maximum absolute atomic E-state index is 14.2. The third-order valence-electron chi connectivity index (χ3n) is 2.94. The van der Waals surface area contributed by atoms with Gasteiger partial charge in [0.1, 0.15) is 17.4 Å². The van der Waals surface area contributed by atoms with E-state index in [0.29, 0.717) is 22.5 Å². The van der Waals surface area contributed by atoms with Crippen LogP contribution in [0.25, 0.3) is 11.4 Å². The third kappa shape index (κ3) is 2.70. The molecule has 1 aromatic carbocycles. The van der Waals surface area contributed by atoms with Gasteiger partial charge in [-0.25, -0.2) is 4.39 Å². The number of methoxy groups -OCH3 is 1. The lowest BCUT2D eigenvalue weighted by atomic mass is 10.1. The molecule has 2 rings (SSSR count). The molecule has 4 nitrogen and oxygen atoms in total. The van der Waals surface area contributed by atoms with Gasteiger partial charge in [-0.1, -0.05) is 15.9 Å². The summed E-state index contributed by atoms with van der Waals surface area (Å²) in [5, 5.41) is 8.84.